The zero-order chi connectivity index (χ0) is 26.6. The summed E-state index contributed by atoms with van der Waals surface area (Å²) in [7, 11) is 0. The van der Waals surface area contributed by atoms with Crippen molar-refractivity contribution in [2.75, 3.05) is 6.54 Å². The number of carbonyl (C=O) groups excluding carboxylic acids is 3. The summed E-state index contributed by atoms with van der Waals surface area (Å²) in [4.78, 5) is 39.5. The highest BCUT2D eigenvalue weighted by Gasteiger charge is 2.55. The van der Waals surface area contributed by atoms with E-state index in [1.807, 2.05) is 0 Å². The molecule has 0 saturated carbocycles. The van der Waals surface area contributed by atoms with Crippen LogP contribution in [0.4, 0.5) is 13.2 Å². The lowest BCUT2D eigenvalue weighted by Gasteiger charge is -2.37. The number of nitrogens with one attached hydrogen (secondary N) is 2. The lowest BCUT2D eigenvalue weighted by molar-refractivity contribution is -0.215. The van der Waals surface area contributed by atoms with Crippen molar-refractivity contribution >= 4 is 17.7 Å². The minimum Gasteiger partial charge on any atom is -0.460 e. The highest BCUT2D eigenvalue weighted by molar-refractivity contribution is 6.14. The van der Waals surface area contributed by atoms with Crippen LogP contribution in [-0.2, 0) is 25.7 Å². The van der Waals surface area contributed by atoms with Crippen LogP contribution in [0.1, 0.15) is 46.1 Å². The van der Waals surface area contributed by atoms with Gasteiger partial charge in [0.15, 0.2) is 17.4 Å². The van der Waals surface area contributed by atoms with Gasteiger partial charge in [0.2, 0.25) is 5.91 Å². The molecule has 1 aliphatic rings. The Balaban J connectivity index is 2.22. The topological polar surface area (TPSA) is 131 Å². The third-order valence-corrected chi connectivity index (χ3v) is 6.45. The molecule has 1 aliphatic heterocycles. The fraction of sp³-hybridized carbons (Fsp3) is 0.625. The van der Waals surface area contributed by atoms with Crippen molar-refractivity contribution in [3.8, 4) is 0 Å². The number of Topliss-reactive ketones (excluding diaryl/α,β-unsaturated/α-hetero) is 1. The van der Waals surface area contributed by atoms with E-state index in [1.54, 1.807) is 30.3 Å². The summed E-state index contributed by atoms with van der Waals surface area (Å²) in [6.07, 6.45) is -7.42. The molecule has 196 valence electrons. The van der Waals surface area contributed by atoms with Gasteiger partial charge in [0, 0.05) is 0 Å². The van der Waals surface area contributed by atoms with Crippen molar-refractivity contribution in [1.29, 1.82) is 0 Å². The second-order valence-corrected chi connectivity index (χ2v) is 9.79. The Morgan fingerprint density at radius 1 is 1.20 bits per heavy atom. The molecule has 0 aliphatic carbocycles. The predicted molar refractivity (Wildman–Crippen MR) is 122 cm³/mol. The van der Waals surface area contributed by atoms with E-state index in [2.05, 4.69) is 10.6 Å². The largest absolute Gasteiger partial charge is 0.460 e. The van der Waals surface area contributed by atoms with Gasteiger partial charge in [0.05, 0.1) is 17.5 Å². The van der Waals surface area contributed by atoms with Crippen LogP contribution in [0.3, 0.4) is 0 Å². The Labute approximate surface area is 202 Å². The van der Waals surface area contributed by atoms with Gasteiger partial charge in [-0.1, -0.05) is 44.2 Å². The number of rotatable bonds is 10. The Morgan fingerprint density at radius 3 is 2.29 bits per heavy atom. The summed E-state index contributed by atoms with van der Waals surface area (Å²) >= 11 is 0. The van der Waals surface area contributed by atoms with E-state index in [9.17, 15) is 32.7 Å². The number of benzene rings is 1. The van der Waals surface area contributed by atoms with Crippen molar-refractivity contribution in [2.45, 2.75) is 77.0 Å². The maximum atomic E-state index is 13.5. The molecule has 1 amide bonds. The number of aliphatic hydroxyl groups is 1. The molecule has 4 atom stereocenters. The molecule has 11 heteroatoms. The molecule has 8 nitrogen and oxygen atoms in total. The van der Waals surface area contributed by atoms with E-state index < -0.39 is 58.9 Å². The van der Waals surface area contributed by atoms with Gasteiger partial charge in [-0.2, -0.15) is 13.2 Å². The number of halogens is 3. The lowest BCUT2D eigenvalue weighted by Crippen LogP contribution is -2.68. The standard InChI is InChI=1S/C24H34F3N3O5/c1-14(2)16(18(31)24(25,26)27)30-20(33)23(11-8-12-29-23)19(32)17(28)22(3,4)21(34)35-13-15-9-6-5-7-10-15/h5-7,9-10,14,16-18,29,31H,8,11-13,28H2,1-4H3,(H,30,33)/t16?,17-,18?,23+/m1/s1. The smallest absolute Gasteiger partial charge is 0.416 e. The molecular weight excluding hydrogens is 467 g/mol. The van der Waals surface area contributed by atoms with E-state index in [0.29, 0.717) is 6.42 Å². The quantitative estimate of drug-likeness (QED) is 0.284. The first-order valence-electron chi connectivity index (χ1n) is 11.5. The van der Waals surface area contributed by atoms with Crippen LogP contribution in [0.2, 0.25) is 0 Å². The minimum absolute atomic E-state index is 0.0204. The molecule has 1 heterocycles. The van der Waals surface area contributed by atoms with Crippen LogP contribution in [0.25, 0.3) is 0 Å². The van der Waals surface area contributed by atoms with Gasteiger partial charge in [-0.05, 0) is 44.7 Å². The number of amides is 1. The van der Waals surface area contributed by atoms with Gasteiger partial charge in [-0.25, -0.2) is 0 Å². The van der Waals surface area contributed by atoms with Crippen LogP contribution >= 0.6 is 0 Å². The van der Waals surface area contributed by atoms with Crippen LogP contribution in [0, 0.1) is 11.3 Å². The van der Waals surface area contributed by atoms with Crippen molar-refractivity contribution < 1.29 is 37.4 Å². The average molecular weight is 502 g/mol. The van der Waals surface area contributed by atoms with E-state index in [0.717, 1.165) is 5.56 Å². The average Bonchev–Trinajstić information content (AvgIpc) is 3.30. The molecule has 1 fully saturated rings. The number of alkyl halides is 3. The first-order chi connectivity index (χ1) is 16.1. The zero-order valence-corrected chi connectivity index (χ0v) is 20.3. The monoisotopic (exact) mass is 501 g/mol. The summed E-state index contributed by atoms with van der Waals surface area (Å²) in [5.41, 5.74) is 3.45. The van der Waals surface area contributed by atoms with E-state index in [4.69, 9.17) is 10.5 Å². The van der Waals surface area contributed by atoms with E-state index in [-0.39, 0.29) is 19.6 Å². The molecule has 2 rings (SSSR count). The molecule has 0 aromatic heterocycles. The number of nitrogens with two attached hydrogens (primary N) is 1. The molecule has 0 spiro atoms. The fourth-order valence-electron chi connectivity index (χ4n) is 3.98. The first kappa shape index (κ1) is 28.7. The highest BCUT2D eigenvalue weighted by atomic mass is 19.4. The van der Waals surface area contributed by atoms with Crippen LogP contribution in [-0.4, -0.2) is 59.2 Å². The summed E-state index contributed by atoms with van der Waals surface area (Å²) in [5, 5.41) is 14.8. The van der Waals surface area contributed by atoms with Crippen molar-refractivity contribution in [1.82, 2.24) is 10.6 Å². The Hall–Kier alpha value is -2.50. The molecule has 35 heavy (non-hydrogen) atoms. The number of ketones is 1. The summed E-state index contributed by atoms with van der Waals surface area (Å²) in [5.74, 6) is -3.41. The molecular formula is C24H34F3N3O5. The Kier molecular flexibility index (Phi) is 9.07. The van der Waals surface area contributed by atoms with Gasteiger partial charge in [0.1, 0.15) is 6.61 Å². The van der Waals surface area contributed by atoms with Gasteiger partial charge in [-0.15, -0.1) is 0 Å². The van der Waals surface area contributed by atoms with Crippen molar-refractivity contribution in [2.24, 2.45) is 17.1 Å². The zero-order valence-electron chi connectivity index (χ0n) is 20.3. The van der Waals surface area contributed by atoms with Gasteiger partial charge in [-0.3, -0.25) is 19.7 Å². The second kappa shape index (κ2) is 11.0. The summed E-state index contributed by atoms with van der Waals surface area (Å²) < 4.78 is 44.8. The van der Waals surface area contributed by atoms with E-state index in [1.165, 1.54) is 27.7 Å². The summed E-state index contributed by atoms with van der Waals surface area (Å²) in [6, 6.07) is 5.69. The van der Waals surface area contributed by atoms with Gasteiger partial charge >= 0.3 is 12.1 Å². The predicted octanol–water partition coefficient (Wildman–Crippen LogP) is 1.84. The first-order valence-corrected chi connectivity index (χ1v) is 11.5. The second-order valence-electron chi connectivity index (χ2n) is 9.79. The highest BCUT2D eigenvalue weighted by Crippen LogP contribution is 2.31. The number of carbonyl (C=O) groups is 3. The van der Waals surface area contributed by atoms with Gasteiger partial charge < -0.3 is 20.9 Å². The maximum absolute atomic E-state index is 13.5. The number of hydrogen-bond donors (Lipinski definition) is 4. The number of aliphatic hydroxyl groups excluding tert-OH is 1. The third-order valence-electron chi connectivity index (χ3n) is 6.45. The van der Waals surface area contributed by atoms with E-state index >= 15 is 0 Å². The molecule has 0 radical (unpaired) electrons. The molecule has 2 unspecified atom stereocenters. The van der Waals surface area contributed by atoms with Crippen LogP contribution in [0.15, 0.2) is 30.3 Å². The molecule has 1 aromatic rings. The molecule has 5 N–H and O–H groups in total. The minimum atomic E-state index is -4.97. The Bertz CT molecular complexity index is 899. The fourth-order valence-corrected chi connectivity index (χ4v) is 3.98. The van der Waals surface area contributed by atoms with Crippen molar-refractivity contribution in [3.63, 3.8) is 0 Å². The number of esters is 1. The normalized spacial score (nSPS) is 21.3. The summed E-state index contributed by atoms with van der Waals surface area (Å²) in [6.45, 7) is 5.85. The lowest BCUT2D eigenvalue weighted by atomic mass is 9.75. The molecule has 1 saturated heterocycles. The molecule has 0 bridgehead atoms. The van der Waals surface area contributed by atoms with Gasteiger partial charge in [0.25, 0.3) is 0 Å². The maximum Gasteiger partial charge on any atom is 0.416 e. The van der Waals surface area contributed by atoms with Crippen molar-refractivity contribution in [3.05, 3.63) is 35.9 Å². The van der Waals surface area contributed by atoms with Crippen LogP contribution in [0.5, 0.6) is 0 Å². The SMILES string of the molecule is CC(C)C(NC(=O)[C@@]1(C(=O)[C@@H](N)C(C)(C)C(=O)OCc2ccccc2)CCCN1)C(O)C(F)(F)F. The Morgan fingerprint density at radius 2 is 1.80 bits per heavy atom. The number of ether oxygens (including phenoxy) is 1. The molecule has 1 aromatic carbocycles. The van der Waals surface area contributed by atoms with Crippen LogP contribution < -0.4 is 16.4 Å². The third kappa shape index (κ3) is 6.39. The number of hydrogen-bond acceptors (Lipinski definition) is 7.